The van der Waals surface area contributed by atoms with E-state index < -0.39 is 0 Å². The molecule has 3 nitrogen and oxygen atoms in total. The number of carbonyl (C=O) groups excluding carboxylic acids is 1. The molecule has 0 unspecified atom stereocenters. The molecule has 0 spiro atoms. The van der Waals surface area contributed by atoms with Gasteiger partial charge in [-0.05, 0) is 25.1 Å². The zero-order valence-corrected chi connectivity index (χ0v) is 10.6. The molecular formula is C11H14Cl2N2O. The number of hydrogen-bond donors (Lipinski definition) is 1. The van der Waals surface area contributed by atoms with Crippen molar-refractivity contribution in [2.75, 3.05) is 18.0 Å². The maximum Gasteiger partial charge on any atom is 0.228 e. The van der Waals surface area contributed by atoms with Crippen molar-refractivity contribution in [1.82, 2.24) is 0 Å². The van der Waals surface area contributed by atoms with E-state index in [1.165, 1.54) is 0 Å². The minimum absolute atomic E-state index is 0.0247. The van der Waals surface area contributed by atoms with Crippen LogP contribution in [-0.4, -0.2) is 19.0 Å². The molecule has 0 bridgehead atoms. The van der Waals surface area contributed by atoms with Gasteiger partial charge in [0, 0.05) is 35.2 Å². The molecule has 0 atom stereocenters. The first kappa shape index (κ1) is 13.3. The van der Waals surface area contributed by atoms with E-state index in [2.05, 4.69) is 0 Å². The highest BCUT2D eigenvalue weighted by Crippen LogP contribution is 2.25. The zero-order chi connectivity index (χ0) is 12.1. The summed E-state index contributed by atoms with van der Waals surface area (Å²) in [6, 6.07) is 5.06. The molecule has 2 N–H and O–H groups in total. The molecule has 5 heteroatoms. The fourth-order valence-electron chi connectivity index (χ4n) is 1.46. The second kappa shape index (κ2) is 6.09. The molecule has 0 radical (unpaired) electrons. The minimum Gasteiger partial charge on any atom is -0.330 e. The Morgan fingerprint density at radius 1 is 1.31 bits per heavy atom. The van der Waals surface area contributed by atoms with E-state index in [-0.39, 0.29) is 5.91 Å². The number of amides is 1. The third-order valence-corrected chi connectivity index (χ3v) is 2.57. The molecule has 0 saturated carbocycles. The smallest absolute Gasteiger partial charge is 0.228 e. The topological polar surface area (TPSA) is 46.3 Å². The van der Waals surface area contributed by atoms with E-state index in [1.54, 1.807) is 23.1 Å². The van der Waals surface area contributed by atoms with Crippen molar-refractivity contribution < 1.29 is 4.79 Å². The van der Waals surface area contributed by atoms with Crippen LogP contribution in [0.4, 0.5) is 5.69 Å². The largest absolute Gasteiger partial charge is 0.330 e. The van der Waals surface area contributed by atoms with Crippen molar-refractivity contribution in [3.8, 4) is 0 Å². The monoisotopic (exact) mass is 260 g/mol. The van der Waals surface area contributed by atoms with Gasteiger partial charge in [-0.2, -0.15) is 0 Å². The van der Waals surface area contributed by atoms with Crippen LogP contribution in [0.5, 0.6) is 0 Å². The van der Waals surface area contributed by atoms with E-state index in [4.69, 9.17) is 28.9 Å². The summed E-state index contributed by atoms with van der Waals surface area (Å²) in [6.45, 7) is 2.79. The lowest BCUT2D eigenvalue weighted by Crippen LogP contribution is -2.32. The van der Waals surface area contributed by atoms with Crippen molar-refractivity contribution in [3.05, 3.63) is 28.2 Å². The lowest BCUT2D eigenvalue weighted by atomic mass is 10.2. The molecule has 0 heterocycles. The number of halogens is 2. The Morgan fingerprint density at radius 2 is 1.88 bits per heavy atom. The van der Waals surface area contributed by atoms with E-state index in [9.17, 15) is 4.79 Å². The number of nitrogens with two attached hydrogens (primary N) is 1. The van der Waals surface area contributed by atoms with E-state index in [1.807, 2.05) is 6.92 Å². The molecule has 88 valence electrons. The maximum absolute atomic E-state index is 11.8. The fraction of sp³-hybridized carbons (Fsp3) is 0.364. The van der Waals surface area contributed by atoms with Gasteiger partial charge in [0.25, 0.3) is 0 Å². The molecule has 16 heavy (non-hydrogen) atoms. The van der Waals surface area contributed by atoms with Crippen LogP contribution in [0, 0.1) is 0 Å². The number of hydrogen-bond acceptors (Lipinski definition) is 2. The van der Waals surface area contributed by atoms with Gasteiger partial charge in [0.2, 0.25) is 5.91 Å². The summed E-state index contributed by atoms with van der Waals surface area (Å²) in [7, 11) is 0. The highest BCUT2D eigenvalue weighted by molar-refractivity contribution is 6.35. The predicted molar refractivity (Wildman–Crippen MR) is 68.2 cm³/mol. The quantitative estimate of drug-likeness (QED) is 0.905. The second-order valence-corrected chi connectivity index (χ2v) is 4.18. The fourth-order valence-corrected chi connectivity index (χ4v) is 1.97. The molecule has 1 aromatic rings. The van der Waals surface area contributed by atoms with Crippen LogP contribution in [0.2, 0.25) is 10.0 Å². The summed E-state index contributed by atoms with van der Waals surface area (Å²) in [4.78, 5) is 13.4. The van der Waals surface area contributed by atoms with Crippen LogP contribution in [0.3, 0.4) is 0 Å². The van der Waals surface area contributed by atoms with Crippen LogP contribution in [0.25, 0.3) is 0 Å². The summed E-state index contributed by atoms with van der Waals surface area (Å²) in [6.07, 6.45) is 0.317. The van der Waals surface area contributed by atoms with Gasteiger partial charge in [-0.3, -0.25) is 4.79 Å². The third-order valence-electron chi connectivity index (χ3n) is 2.13. The lowest BCUT2D eigenvalue weighted by Gasteiger charge is -2.21. The van der Waals surface area contributed by atoms with Crippen LogP contribution in [0.15, 0.2) is 18.2 Å². The molecule has 0 aliphatic rings. The Hall–Kier alpha value is -0.770. The third kappa shape index (κ3) is 3.37. The predicted octanol–water partition coefficient (Wildman–Crippen LogP) is 2.70. The van der Waals surface area contributed by atoms with Gasteiger partial charge < -0.3 is 10.6 Å². The van der Waals surface area contributed by atoms with Gasteiger partial charge in [0.1, 0.15) is 0 Å². The Bertz CT molecular complexity index is 362. The molecule has 0 fully saturated rings. The summed E-state index contributed by atoms with van der Waals surface area (Å²) in [5.74, 6) is -0.0247. The van der Waals surface area contributed by atoms with Gasteiger partial charge in [0.05, 0.1) is 0 Å². The van der Waals surface area contributed by atoms with Gasteiger partial charge >= 0.3 is 0 Å². The Morgan fingerprint density at radius 3 is 2.31 bits per heavy atom. The Labute approximate surface area is 105 Å². The number of anilines is 1. The highest BCUT2D eigenvalue weighted by Gasteiger charge is 2.13. The maximum atomic E-state index is 11.8. The van der Waals surface area contributed by atoms with Crippen LogP contribution in [-0.2, 0) is 4.79 Å². The summed E-state index contributed by atoms with van der Waals surface area (Å²) in [5, 5.41) is 1.03. The van der Waals surface area contributed by atoms with Gasteiger partial charge in [-0.25, -0.2) is 0 Å². The standard InChI is InChI=1S/C11H14Cl2N2O/c1-2-15(11(16)3-4-14)10-6-8(12)5-9(13)7-10/h5-7H,2-4,14H2,1H3. The Balaban J connectivity index is 2.98. The van der Waals surface area contributed by atoms with Crippen LogP contribution < -0.4 is 10.6 Å². The molecule has 1 aromatic carbocycles. The number of benzene rings is 1. The SMILES string of the molecule is CCN(C(=O)CCN)c1cc(Cl)cc(Cl)c1. The molecule has 1 rings (SSSR count). The van der Waals surface area contributed by atoms with E-state index in [0.717, 1.165) is 0 Å². The molecule has 0 aliphatic heterocycles. The zero-order valence-electron chi connectivity index (χ0n) is 9.04. The van der Waals surface area contributed by atoms with Crippen molar-refractivity contribution >= 4 is 34.8 Å². The van der Waals surface area contributed by atoms with Gasteiger partial charge in [-0.15, -0.1) is 0 Å². The highest BCUT2D eigenvalue weighted by atomic mass is 35.5. The van der Waals surface area contributed by atoms with Crippen molar-refractivity contribution in [2.45, 2.75) is 13.3 Å². The molecule has 0 aromatic heterocycles. The molecule has 0 aliphatic carbocycles. The number of carbonyl (C=O) groups is 1. The van der Waals surface area contributed by atoms with Crippen molar-refractivity contribution in [3.63, 3.8) is 0 Å². The first-order valence-electron chi connectivity index (χ1n) is 5.05. The van der Waals surface area contributed by atoms with E-state index in [0.29, 0.717) is 35.2 Å². The molecule has 1 amide bonds. The van der Waals surface area contributed by atoms with Crippen molar-refractivity contribution in [1.29, 1.82) is 0 Å². The number of nitrogens with zero attached hydrogens (tertiary/aromatic N) is 1. The summed E-state index contributed by atoms with van der Waals surface area (Å²) >= 11 is 11.8. The van der Waals surface area contributed by atoms with E-state index >= 15 is 0 Å². The first-order valence-corrected chi connectivity index (χ1v) is 5.80. The van der Waals surface area contributed by atoms with Gasteiger partial charge in [0.15, 0.2) is 0 Å². The number of rotatable bonds is 4. The first-order chi connectivity index (χ1) is 7.58. The molecule has 0 saturated heterocycles. The molecular weight excluding hydrogens is 247 g/mol. The lowest BCUT2D eigenvalue weighted by molar-refractivity contribution is -0.118. The Kier molecular flexibility index (Phi) is 5.06. The average molecular weight is 261 g/mol. The second-order valence-electron chi connectivity index (χ2n) is 3.30. The minimum atomic E-state index is -0.0247. The summed E-state index contributed by atoms with van der Waals surface area (Å²) < 4.78 is 0. The summed E-state index contributed by atoms with van der Waals surface area (Å²) in [5.41, 5.74) is 6.07. The van der Waals surface area contributed by atoms with Crippen LogP contribution in [0.1, 0.15) is 13.3 Å². The average Bonchev–Trinajstić information content (AvgIpc) is 2.17. The normalized spacial score (nSPS) is 10.2. The van der Waals surface area contributed by atoms with Crippen molar-refractivity contribution in [2.24, 2.45) is 5.73 Å². The van der Waals surface area contributed by atoms with Crippen LogP contribution >= 0.6 is 23.2 Å². The van der Waals surface area contributed by atoms with Gasteiger partial charge in [-0.1, -0.05) is 23.2 Å².